The molecule has 68 valence electrons. The molecule has 0 aliphatic heterocycles. The summed E-state index contributed by atoms with van der Waals surface area (Å²) in [5, 5.41) is 23.3. The highest BCUT2D eigenvalue weighted by atomic mass is 16.3. The maximum absolute atomic E-state index is 9.72. The molecule has 1 atom stereocenters. The lowest BCUT2D eigenvalue weighted by Crippen LogP contribution is -2.08. The lowest BCUT2D eigenvalue weighted by atomic mass is 10.2. The fraction of sp³-hybridized carbons (Fsp3) is 0.333. The van der Waals surface area contributed by atoms with Gasteiger partial charge in [-0.25, -0.2) is 9.67 Å². The molecule has 2 rings (SSSR count). The Morgan fingerprint density at radius 1 is 1.62 bits per heavy atom. The predicted octanol–water partition coefficient (Wildman–Crippen LogP) is -0.985. The Labute approximate surface area is 73.4 Å². The second-order valence-corrected chi connectivity index (χ2v) is 2.56. The highest BCUT2D eigenvalue weighted by Crippen LogP contribution is 2.15. The summed E-state index contributed by atoms with van der Waals surface area (Å²) >= 11 is 0. The predicted molar refractivity (Wildman–Crippen MR) is 41.4 cm³/mol. The summed E-state index contributed by atoms with van der Waals surface area (Å²) in [6, 6.07) is 0. The van der Waals surface area contributed by atoms with Crippen molar-refractivity contribution in [3.63, 3.8) is 0 Å². The number of aryl methyl sites for hydroxylation is 1. The number of nitrogens with one attached hydrogen (secondary N) is 1. The highest BCUT2D eigenvalue weighted by Gasteiger charge is 2.16. The van der Waals surface area contributed by atoms with Crippen molar-refractivity contribution >= 4 is 0 Å². The Bertz CT molecular complexity index is 379. The van der Waals surface area contributed by atoms with Crippen LogP contribution in [0.1, 0.15) is 17.6 Å². The van der Waals surface area contributed by atoms with Crippen LogP contribution in [0.4, 0.5) is 0 Å². The molecule has 0 radical (unpaired) electrons. The molecule has 7 heteroatoms. The van der Waals surface area contributed by atoms with Gasteiger partial charge in [0.25, 0.3) is 0 Å². The van der Waals surface area contributed by atoms with Crippen LogP contribution in [0.3, 0.4) is 0 Å². The molecule has 13 heavy (non-hydrogen) atoms. The number of hydrogen-bond donors (Lipinski definition) is 2. The van der Waals surface area contributed by atoms with E-state index >= 15 is 0 Å². The van der Waals surface area contributed by atoms with Gasteiger partial charge in [-0.15, -0.1) is 5.10 Å². The van der Waals surface area contributed by atoms with Crippen molar-refractivity contribution in [2.45, 2.75) is 6.10 Å². The molecule has 0 aromatic carbocycles. The molecule has 0 spiro atoms. The van der Waals surface area contributed by atoms with Gasteiger partial charge in [0, 0.05) is 7.05 Å². The number of aliphatic hydroxyl groups excluding tert-OH is 1. The van der Waals surface area contributed by atoms with Gasteiger partial charge in [0.2, 0.25) is 0 Å². The summed E-state index contributed by atoms with van der Waals surface area (Å²) in [5.74, 6) is 0.380. The minimum Gasteiger partial charge on any atom is -0.379 e. The Balaban J connectivity index is 2.33. The maximum Gasteiger partial charge on any atom is 0.159 e. The first-order valence-electron chi connectivity index (χ1n) is 3.67. The van der Waals surface area contributed by atoms with Gasteiger partial charge in [-0.2, -0.15) is 5.10 Å². The third-order valence-electron chi connectivity index (χ3n) is 1.72. The molecule has 2 N–H and O–H groups in total. The average Bonchev–Trinajstić information content (AvgIpc) is 2.72. The van der Waals surface area contributed by atoms with E-state index in [0.29, 0.717) is 11.5 Å². The van der Waals surface area contributed by atoms with E-state index < -0.39 is 6.10 Å². The standard InChI is InChI=1S/C6H8N6O/c1-12-4(2-8-11-12)5(13)6-7-3-9-10-6/h2-3,5,13H,1H3,(H,7,9,10). The average molecular weight is 180 g/mol. The van der Waals surface area contributed by atoms with Crippen LogP contribution in [0.15, 0.2) is 12.5 Å². The quantitative estimate of drug-likeness (QED) is 0.619. The van der Waals surface area contributed by atoms with Crippen molar-refractivity contribution in [3.8, 4) is 0 Å². The largest absolute Gasteiger partial charge is 0.379 e. The zero-order valence-corrected chi connectivity index (χ0v) is 6.92. The van der Waals surface area contributed by atoms with E-state index in [2.05, 4.69) is 25.5 Å². The molecule has 2 aromatic rings. The first-order valence-corrected chi connectivity index (χ1v) is 3.67. The van der Waals surface area contributed by atoms with Crippen molar-refractivity contribution in [2.75, 3.05) is 0 Å². The van der Waals surface area contributed by atoms with Crippen LogP contribution in [0.25, 0.3) is 0 Å². The van der Waals surface area contributed by atoms with E-state index in [1.54, 1.807) is 7.05 Å². The molecule has 0 bridgehead atoms. The Hall–Kier alpha value is -1.76. The van der Waals surface area contributed by atoms with Gasteiger partial charge in [-0.1, -0.05) is 5.21 Å². The summed E-state index contributed by atoms with van der Waals surface area (Å²) in [4.78, 5) is 3.83. The van der Waals surface area contributed by atoms with Crippen molar-refractivity contribution in [2.24, 2.45) is 7.05 Å². The number of H-pyrrole nitrogens is 1. The van der Waals surface area contributed by atoms with Crippen LogP contribution >= 0.6 is 0 Å². The molecular formula is C6H8N6O. The van der Waals surface area contributed by atoms with E-state index in [4.69, 9.17) is 0 Å². The fourth-order valence-electron chi connectivity index (χ4n) is 1.03. The van der Waals surface area contributed by atoms with E-state index in [1.807, 2.05) is 0 Å². The van der Waals surface area contributed by atoms with Crippen molar-refractivity contribution in [1.82, 2.24) is 30.2 Å². The number of rotatable bonds is 2. The van der Waals surface area contributed by atoms with Gasteiger partial charge < -0.3 is 5.11 Å². The second kappa shape index (κ2) is 2.94. The van der Waals surface area contributed by atoms with Crippen LogP contribution in [-0.4, -0.2) is 35.3 Å². The summed E-state index contributed by atoms with van der Waals surface area (Å²) < 4.78 is 1.48. The smallest absolute Gasteiger partial charge is 0.159 e. The van der Waals surface area contributed by atoms with Gasteiger partial charge in [0.05, 0.1) is 11.9 Å². The number of hydrogen-bond acceptors (Lipinski definition) is 5. The van der Waals surface area contributed by atoms with Crippen molar-refractivity contribution in [3.05, 3.63) is 24.0 Å². The first kappa shape index (κ1) is 7.87. The molecule has 7 nitrogen and oxygen atoms in total. The van der Waals surface area contributed by atoms with Gasteiger partial charge in [-0.3, -0.25) is 5.10 Å². The summed E-state index contributed by atoms with van der Waals surface area (Å²) in [5.41, 5.74) is 0.566. The molecule has 1 unspecified atom stereocenters. The Kier molecular flexibility index (Phi) is 1.78. The number of aliphatic hydroxyl groups is 1. The minimum absolute atomic E-state index is 0.380. The number of aromatic amines is 1. The van der Waals surface area contributed by atoms with Crippen LogP contribution in [0.5, 0.6) is 0 Å². The van der Waals surface area contributed by atoms with Crippen molar-refractivity contribution in [1.29, 1.82) is 0 Å². The summed E-state index contributed by atoms with van der Waals surface area (Å²) in [7, 11) is 1.70. The highest BCUT2D eigenvalue weighted by molar-refractivity contribution is 5.08. The minimum atomic E-state index is -0.859. The molecule has 0 saturated carbocycles. The number of nitrogens with zero attached hydrogens (tertiary/aromatic N) is 5. The van der Waals surface area contributed by atoms with E-state index in [-0.39, 0.29) is 0 Å². The zero-order valence-electron chi connectivity index (χ0n) is 6.92. The SMILES string of the molecule is Cn1nncc1C(O)c1ncn[nH]1. The molecule has 0 fully saturated rings. The lowest BCUT2D eigenvalue weighted by molar-refractivity contribution is 0.200. The van der Waals surface area contributed by atoms with Crippen molar-refractivity contribution < 1.29 is 5.11 Å². The molecule has 2 aromatic heterocycles. The van der Waals surface area contributed by atoms with Crippen LogP contribution < -0.4 is 0 Å². The lowest BCUT2D eigenvalue weighted by Gasteiger charge is -2.05. The van der Waals surface area contributed by atoms with Gasteiger partial charge in [0.1, 0.15) is 6.33 Å². The topological polar surface area (TPSA) is 92.5 Å². The van der Waals surface area contributed by atoms with Gasteiger partial charge >= 0.3 is 0 Å². The summed E-state index contributed by atoms with van der Waals surface area (Å²) in [6.45, 7) is 0. The van der Waals surface area contributed by atoms with Crippen LogP contribution in [-0.2, 0) is 7.05 Å². The molecule has 0 saturated heterocycles. The molecule has 2 heterocycles. The van der Waals surface area contributed by atoms with E-state index in [9.17, 15) is 5.11 Å². The molecule has 0 amide bonds. The number of aromatic nitrogens is 6. The van der Waals surface area contributed by atoms with Gasteiger partial charge in [-0.05, 0) is 0 Å². The first-order chi connectivity index (χ1) is 6.29. The van der Waals surface area contributed by atoms with Gasteiger partial charge in [0.15, 0.2) is 11.9 Å². The van der Waals surface area contributed by atoms with E-state index in [0.717, 1.165) is 0 Å². The van der Waals surface area contributed by atoms with Crippen LogP contribution in [0.2, 0.25) is 0 Å². The second-order valence-electron chi connectivity index (χ2n) is 2.56. The zero-order chi connectivity index (χ0) is 9.26. The maximum atomic E-state index is 9.72. The van der Waals surface area contributed by atoms with Crippen LogP contribution in [0, 0.1) is 0 Å². The fourth-order valence-corrected chi connectivity index (χ4v) is 1.03. The molecule has 0 aliphatic carbocycles. The third kappa shape index (κ3) is 1.29. The van der Waals surface area contributed by atoms with E-state index in [1.165, 1.54) is 17.2 Å². The molecular weight excluding hydrogens is 172 g/mol. The molecule has 0 aliphatic rings. The Morgan fingerprint density at radius 3 is 3.00 bits per heavy atom. The summed E-state index contributed by atoms with van der Waals surface area (Å²) in [6.07, 6.45) is 1.96. The third-order valence-corrected chi connectivity index (χ3v) is 1.72. The monoisotopic (exact) mass is 180 g/mol. The Morgan fingerprint density at radius 2 is 2.46 bits per heavy atom. The normalized spacial score (nSPS) is 13.1.